The van der Waals surface area contributed by atoms with Gasteiger partial charge in [-0.1, -0.05) is 30.3 Å². The van der Waals surface area contributed by atoms with Crippen LogP contribution >= 0.6 is 0 Å². The second kappa shape index (κ2) is 10.9. The lowest BCUT2D eigenvalue weighted by atomic mass is 10.1. The molecular formula is C23H24N2O4. The number of nitrogens with zero attached hydrogens (tertiary/aromatic N) is 1. The molecule has 0 aliphatic heterocycles. The average molecular weight is 392 g/mol. The number of hydrogen-bond donors (Lipinski definition) is 1. The van der Waals surface area contributed by atoms with E-state index >= 15 is 0 Å². The number of carbonyl (C=O) groups is 1. The molecule has 0 fully saturated rings. The Kier molecular flexibility index (Phi) is 7.74. The van der Waals surface area contributed by atoms with Gasteiger partial charge in [0.2, 0.25) is 0 Å². The molecule has 1 heterocycles. The van der Waals surface area contributed by atoms with Crippen molar-refractivity contribution in [2.24, 2.45) is 0 Å². The molecule has 0 bridgehead atoms. The van der Waals surface area contributed by atoms with Crippen molar-refractivity contribution in [3.8, 4) is 17.2 Å². The van der Waals surface area contributed by atoms with Gasteiger partial charge < -0.3 is 24.3 Å². The second-order valence-corrected chi connectivity index (χ2v) is 6.32. The molecule has 0 spiro atoms. The van der Waals surface area contributed by atoms with Crippen LogP contribution in [-0.2, 0) is 16.1 Å². The minimum Gasteiger partial charge on any atom is -0.497 e. The highest BCUT2D eigenvalue weighted by atomic mass is 16.5. The fraction of sp³-hybridized carbons (Fsp3) is 0.217. The van der Waals surface area contributed by atoms with Crippen LogP contribution in [-0.4, -0.2) is 31.6 Å². The summed E-state index contributed by atoms with van der Waals surface area (Å²) in [6.07, 6.45) is 4.18. The van der Waals surface area contributed by atoms with E-state index in [0.717, 1.165) is 28.9 Å². The third-order valence-corrected chi connectivity index (χ3v) is 4.31. The van der Waals surface area contributed by atoms with Crippen LogP contribution in [0, 0.1) is 0 Å². The van der Waals surface area contributed by atoms with Gasteiger partial charge in [-0.2, -0.15) is 0 Å². The van der Waals surface area contributed by atoms with E-state index in [-0.39, 0.29) is 12.6 Å². The molecule has 0 radical (unpaired) electrons. The van der Waals surface area contributed by atoms with Crippen LogP contribution in [0.1, 0.15) is 17.2 Å². The molecule has 0 aliphatic rings. The molecule has 1 N–H and O–H groups in total. The first kappa shape index (κ1) is 20.5. The number of nitrogens with one attached hydrogen (secondary N) is 1. The summed E-state index contributed by atoms with van der Waals surface area (Å²) < 4.78 is 16.8. The van der Waals surface area contributed by atoms with Crippen LogP contribution in [0.5, 0.6) is 17.2 Å². The summed E-state index contributed by atoms with van der Waals surface area (Å²) >= 11 is 0. The third-order valence-electron chi connectivity index (χ3n) is 4.31. The molecule has 1 atom stereocenters. The summed E-state index contributed by atoms with van der Waals surface area (Å²) in [5, 5.41) is 3.47. The van der Waals surface area contributed by atoms with E-state index in [1.165, 1.54) is 0 Å². The van der Waals surface area contributed by atoms with E-state index in [2.05, 4.69) is 10.3 Å². The zero-order valence-electron chi connectivity index (χ0n) is 16.3. The van der Waals surface area contributed by atoms with Crippen molar-refractivity contribution in [2.45, 2.75) is 12.6 Å². The SMILES string of the molecule is COc1cccc(CNC(COCC=O)c2cnccc2Oc2ccccc2)c1. The van der Waals surface area contributed by atoms with Crippen molar-refractivity contribution < 1.29 is 19.0 Å². The van der Waals surface area contributed by atoms with E-state index in [1.54, 1.807) is 19.5 Å². The van der Waals surface area contributed by atoms with Crippen LogP contribution < -0.4 is 14.8 Å². The Morgan fingerprint density at radius 1 is 1.07 bits per heavy atom. The molecule has 3 rings (SSSR count). The molecule has 0 saturated carbocycles. The maximum Gasteiger partial charge on any atom is 0.145 e. The van der Waals surface area contributed by atoms with Crippen LogP contribution in [0.3, 0.4) is 0 Å². The zero-order chi connectivity index (χ0) is 20.3. The summed E-state index contributed by atoms with van der Waals surface area (Å²) in [6, 6.07) is 19.0. The quantitative estimate of drug-likeness (QED) is 0.394. The highest BCUT2D eigenvalue weighted by Gasteiger charge is 2.17. The maximum absolute atomic E-state index is 10.7. The topological polar surface area (TPSA) is 69.7 Å². The fourth-order valence-electron chi connectivity index (χ4n) is 2.88. The van der Waals surface area contributed by atoms with Crippen LogP contribution in [0.15, 0.2) is 73.1 Å². The number of aldehydes is 1. The van der Waals surface area contributed by atoms with Gasteiger partial charge in [-0.05, 0) is 35.9 Å². The molecule has 150 valence electrons. The van der Waals surface area contributed by atoms with Crippen LogP contribution in [0.25, 0.3) is 0 Å². The Balaban J connectivity index is 1.79. The second-order valence-electron chi connectivity index (χ2n) is 6.32. The molecule has 6 heteroatoms. The smallest absolute Gasteiger partial charge is 0.145 e. The maximum atomic E-state index is 10.7. The molecular weight excluding hydrogens is 368 g/mol. The number of benzene rings is 2. The van der Waals surface area contributed by atoms with E-state index in [9.17, 15) is 4.79 Å². The number of aromatic nitrogens is 1. The van der Waals surface area contributed by atoms with Gasteiger partial charge >= 0.3 is 0 Å². The Hall–Kier alpha value is -3.22. The van der Waals surface area contributed by atoms with Gasteiger partial charge in [-0.3, -0.25) is 4.98 Å². The summed E-state index contributed by atoms with van der Waals surface area (Å²) in [5.74, 6) is 2.22. The summed E-state index contributed by atoms with van der Waals surface area (Å²) in [7, 11) is 1.64. The van der Waals surface area contributed by atoms with Gasteiger partial charge in [0.05, 0.1) is 19.8 Å². The molecule has 0 amide bonds. The molecule has 6 nitrogen and oxygen atoms in total. The normalized spacial score (nSPS) is 11.6. The lowest BCUT2D eigenvalue weighted by Gasteiger charge is -2.21. The van der Waals surface area contributed by atoms with Crippen molar-refractivity contribution in [3.63, 3.8) is 0 Å². The predicted octanol–water partition coefficient (Wildman–Crippen LogP) is 3.93. The van der Waals surface area contributed by atoms with E-state index in [0.29, 0.717) is 18.9 Å². The van der Waals surface area contributed by atoms with E-state index < -0.39 is 0 Å². The molecule has 29 heavy (non-hydrogen) atoms. The number of hydrogen-bond acceptors (Lipinski definition) is 6. The number of rotatable bonds is 11. The lowest BCUT2D eigenvalue weighted by Crippen LogP contribution is -2.26. The highest BCUT2D eigenvalue weighted by molar-refractivity contribution is 5.50. The van der Waals surface area contributed by atoms with Gasteiger partial charge in [-0.15, -0.1) is 0 Å². The molecule has 1 aromatic heterocycles. The van der Waals surface area contributed by atoms with Crippen molar-refractivity contribution in [3.05, 3.63) is 84.2 Å². The van der Waals surface area contributed by atoms with Crippen molar-refractivity contribution in [1.29, 1.82) is 0 Å². The van der Waals surface area contributed by atoms with Gasteiger partial charge in [0.15, 0.2) is 0 Å². The Bertz CT molecular complexity index is 902. The molecule has 0 saturated heterocycles. The van der Waals surface area contributed by atoms with Crippen molar-refractivity contribution >= 4 is 6.29 Å². The minimum atomic E-state index is -0.214. The first-order chi connectivity index (χ1) is 14.3. The lowest BCUT2D eigenvalue weighted by molar-refractivity contribution is -0.112. The molecule has 2 aromatic carbocycles. The largest absolute Gasteiger partial charge is 0.497 e. The average Bonchev–Trinajstić information content (AvgIpc) is 2.77. The molecule has 3 aromatic rings. The van der Waals surface area contributed by atoms with Crippen molar-refractivity contribution in [1.82, 2.24) is 10.3 Å². The summed E-state index contributed by atoms with van der Waals surface area (Å²) in [4.78, 5) is 14.9. The monoisotopic (exact) mass is 392 g/mol. The highest BCUT2D eigenvalue weighted by Crippen LogP contribution is 2.29. The fourth-order valence-corrected chi connectivity index (χ4v) is 2.88. The van der Waals surface area contributed by atoms with Gasteiger partial charge in [0, 0.05) is 24.5 Å². The van der Waals surface area contributed by atoms with E-state index in [1.807, 2.05) is 60.7 Å². The summed E-state index contributed by atoms with van der Waals surface area (Å²) in [6.45, 7) is 0.929. The first-order valence-electron chi connectivity index (χ1n) is 9.34. The number of carbonyl (C=O) groups excluding carboxylic acids is 1. The number of pyridine rings is 1. The van der Waals surface area contributed by atoms with Gasteiger partial charge in [0.25, 0.3) is 0 Å². The number of para-hydroxylation sites is 1. The molecule has 0 aliphatic carbocycles. The minimum absolute atomic E-state index is 0.0342. The standard InChI is InChI=1S/C23H24N2O4/c1-27-20-9-5-6-18(14-20)15-25-22(17-28-13-12-26)21-16-24-11-10-23(21)29-19-7-3-2-4-8-19/h2-12,14,16,22,25H,13,15,17H2,1H3. The Morgan fingerprint density at radius 2 is 1.90 bits per heavy atom. The number of methoxy groups -OCH3 is 1. The predicted molar refractivity (Wildman–Crippen MR) is 110 cm³/mol. The Morgan fingerprint density at radius 3 is 2.69 bits per heavy atom. The first-order valence-corrected chi connectivity index (χ1v) is 9.34. The number of ether oxygens (including phenoxy) is 3. The molecule has 1 unspecified atom stereocenters. The zero-order valence-corrected chi connectivity index (χ0v) is 16.3. The van der Waals surface area contributed by atoms with Gasteiger partial charge in [0.1, 0.15) is 30.1 Å². The third kappa shape index (κ3) is 6.14. The summed E-state index contributed by atoms with van der Waals surface area (Å²) in [5.41, 5.74) is 1.92. The van der Waals surface area contributed by atoms with Crippen LogP contribution in [0.2, 0.25) is 0 Å². The Labute approximate surface area is 170 Å². The van der Waals surface area contributed by atoms with E-state index in [4.69, 9.17) is 14.2 Å². The van der Waals surface area contributed by atoms with Crippen LogP contribution in [0.4, 0.5) is 0 Å². The van der Waals surface area contributed by atoms with Gasteiger partial charge in [-0.25, -0.2) is 0 Å². The van der Waals surface area contributed by atoms with Crippen molar-refractivity contribution in [2.75, 3.05) is 20.3 Å².